The molecule has 1 rings (SSSR count). The van der Waals surface area contributed by atoms with E-state index in [9.17, 15) is 9.59 Å². The minimum atomic E-state index is -0.548. The summed E-state index contributed by atoms with van der Waals surface area (Å²) in [4.78, 5) is 22.3. The maximum atomic E-state index is 11.6. The van der Waals surface area contributed by atoms with E-state index in [1.54, 1.807) is 19.1 Å². The fourth-order valence-corrected chi connectivity index (χ4v) is 2.16. The van der Waals surface area contributed by atoms with Crippen molar-refractivity contribution >= 4 is 54.5 Å². The minimum absolute atomic E-state index is 0.0377. The first-order chi connectivity index (χ1) is 6.93. The SMILES string of the molecule is CC(Br)C(=O)c1ccc(C(=O)Cl)c(Br)c1. The maximum Gasteiger partial charge on any atom is 0.253 e. The number of rotatable bonds is 3. The molecule has 0 aromatic heterocycles. The van der Waals surface area contributed by atoms with Crippen LogP contribution in [0.1, 0.15) is 27.6 Å². The van der Waals surface area contributed by atoms with E-state index in [0.29, 0.717) is 15.6 Å². The van der Waals surface area contributed by atoms with E-state index in [4.69, 9.17) is 11.6 Å². The molecule has 15 heavy (non-hydrogen) atoms. The van der Waals surface area contributed by atoms with Gasteiger partial charge in [-0.2, -0.15) is 0 Å². The Kier molecular flexibility index (Phi) is 4.49. The Morgan fingerprint density at radius 2 is 2.00 bits per heavy atom. The summed E-state index contributed by atoms with van der Waals surface area (Å²) in [5, 5.41) is -0.548. The number of hydrogen-bond donors (Lipinski definition) is 0. The van der Waals surface area contributed by atoms with Gasteiger partial charge in [-0.3, -0.25) is 9.59 Å². The molecule has 0 saturated carbocycles. The quantitative estimate of drug-likeness (QED) is 0.470. The smallest absolute Gasteiger partial charge is 0.253 e. The molecule has 0 spiro atoms. The van der Waals surface area contributed by atoms with Crippen molar-refractivity contribution < 1.29 is 9.59 Å². The summed E-state index contributed by atoms with van der Waals surface area (Å²) < 4.78 is 0.529. The highest BCUT2D eigenvalue weighted by Gasteiger charge is 2.14. The van der Waals surface area contributed by atoms with Crippen molar-refractivity contribution in [1.82, 2.24) is 0 Å². The third-order valence-electron chi connectivity index (χ3n) is 1.83. The summed E-state index contributed by atoms with van der Waals surface area (Å²) in [6.07, 6.45) is 0. The highest BCUT2D eigenvalue weighted by Crippen LogP contribution is 2.22. The predicted molar refractivity (Wildman–Crippen MR) is 67.0 cm³/mol. The second kappa shape index (κ2) is 5.23. The van der Waals surface area contributed by atoms with Crippen molar-refractivity contribution in [1.29, 1.82) is 0 Å². The molecule has 0 N–H and O–H groups in total. The fourth-order valence-electron chi connectivity index (χ4n) is 1.06. The van der Waals surface area contributed by atoms with E-state index in [1.165, 1.54) is 6.07 Å². The van der Waals surface area contributed by atoms with E-state index in [1.807, 2.05) is 0 Å². The molecule has 0 amide bonds. The molecule has 5 heteroatoms. The summed E-state index contributed by atoms with van der Waals surface area (Å²) in [6.45, 7) is 1.75. The van der Waals surface area contributed by atoms with Gasteiger partial charge in [0, 0.05) is 15.6 Å². The zero-order valence-corrected chi connectivity index (χ0v) is 11.7. The van der Waals surface area contributed by atoms with Gasteiger partial charge in [-0.05, 0) is 46.6 Å². The highest BCUT2D eigenvalue weighted by molar-refractivity contribution is 9.10. The van der Waals surface area contributed by atoms with Gasteiger partial charge < -0.3 is 0 Å². The predicted octanol–water partition coefficient (Wildman–Crippen LogP) is 3.79. The van der Waals surface area contributed by atoms with Crippen molar-refractivity contribution in [3.63, 3.8) is 0 Å². The molecular formula is C10H7Br2ClO2. The third kappa shape index (κ3) is 3.13. The second-order valence-electron chi connectivity index (χ2n) is 2.95. The first-order valence-corrected chi connectivity index (χ1v) is 6.20. The van der Waals surface area contributed by atoms with Crippen molar-refractivity contribution in [2.24, 2.45) is 0 Å². The summed E-state index contributed by atoms with van der Waals surface area (Å²) >= 11 is 11.7. The topological polar surface area (TPSA) is 34.1 Å². The molecule has 1 unspecified atom stereocenters. The van der Waals surface area contributed by atoms with Gasteiger partial charge in [0.2, 0.25) is 0 Å². The van der Waals surface area contributed by atoms with Crippen molar-refractivity contribution in [2.45, 2.75) is 11.8 Å². The van der Waals surface area contributed by atoms with Crippen LogP contribution in [0.15, 0.2) is 22.7 Å². The van der Waals surface area contributed by atoms with Gasteiger partial charge in [0.15, 0.2) is 5.78 Å². The van der Waals surface area contributed by atoms with Crippen LogP contribution in [-0.2, 0) is 0 Å². The Labute approximate surface area is 109 Å². The highest BCUT2D eigenvalue weighted by atomic mass is 79.9. The minimum Gasteiger partial charge on any atom is -0.293 e. The van der Waals surface area contributed by atoms with Crippen LogP contribution in [0.25, 0.3) is 0 Å². The van der Waals surface area contributed by atoms with E-state index < -0.39 is 5.24 Å². The lowest BCUT2D eigenvalue weighted by Gasteiger charge is -2.05. The van der Waals surface area contributed by atoms with Crippen molar-refractivity contribution in [3.05, 3.63) is 33.8 Å². The molecule has 0 fully saturated rings. The molecule has 80 valence electrons. The van der Waals surface area contributed by atoms with E-state index >= 15 is 0 Å². The van der Waals surface area contributed by atoms with Crippen LogP contribution in [0, 0.1) is 0 Å². The number of hydrogen-bond acceptors (Lipinski definition) is 2. The Morgan fingerprint density at radius 1 is 1.40 bits per heavy atom. The first-order valence-electron chi connectivity index (χ1n) is 4.11. The van der Waals surface area contributed by atoms with Crippen LogP contribution < -0.4 is 0 Å². The summed E-state index contributed by atoms with van der Waals surface area (Å²) in [6, 6.07) is 4.71. The van der Waals surface area contributed by atoms with Gasteiger partial charge in [-0.15, -0.1) is 0 Å². The van der Waals surface area contributed by atoms with E-state index in [0.717, 1.165) is 0 Å². The van der Waals surface area contributed by atoms with Gasteiger partial charge in [-0.1, -0.05) is 22.0 Å². The molecule has 0 radical (unpaired) electrons. The number of alkyl halides is 1. The molecule has 0 heterocycles. The lowest BCUT2D eigenvalue weighted by atomic mass is 10.1. The molecule has 0 aliphatic carbocycles. The average Bonchev–Trinajstić information content (AvgIpc) is 2.15. The zero-order chi connectivity index (χ0) is 11.6. The number of carbonyl (C=O) groups excluding carboxylic acids is 2. The van der Waals surface area contributed by atoms with Gasteiger partial charge in [-0.25, -0.2) is 0 Å². The number of halogens is 3. The molecule has 2 nitrogen and oxygen atoms in total. The molecule has 0 saturated heterocycles. The number of carbonyl (C=O) groups is 2. The fraction of sp³-hybridized carbons (Fsp3) is 0.200. The van der Waals surface area contributed by atoms with Crippen molar-refractivity contribution in [2.75, 3.05) is 0 Å². The Hall–Kier alpha value is -0.190. The largest absolute Gasteiger partial charge is 0.293 e. The molecule has 1 aromatic rings. The molecule has 1 aromatic carbocycles. The van der Waals surface area contributed by atoms with Crippen LogP contribution in [-0.4, -0.2) is 15.9 Å². The number of Topliss-reactive ketones (excluding diaryl/α,β-unsaturated/α-hetero) is 1. The lowest BCUT2D eigenvalue weighted by molar-refractivity contribution is 0.0994. The van der Waals surface area contributed by atoms with Crippen LogP contribution in [0.4, 0.5) is 0 Å². The lowest BCUT2D eigenvalue weighted by Crippen LogP contribution is -2.10. The van der Waals surface area contributed by atoms with Gasteiger partial charge in [0.25, 0.3) is 5.24 Å². The van der Waals surface area contributed by atoms with Crippen LogP contribution in [0.3, 0.4) is 0 Å². The molecular weight excluding hydrogens is 347 g/mol. The molecule has 0 aliphatic heterocycles. The standard InChI is InChI=1S/C10H7Br2ClO2/c1-5(11)9(14)6-2-3-7(10(13)15)8(12)4-6/h2-5H,1H3. The first kappa shape index (κ1) is 12.9. The van der Waals surface area contributed by atoms with E-state index in [-0.39, 0.29) is 10.6 Å². The van der Waals surface area contributed by atoms with Crippen LogP contribution >= 0.6 is 43.5 Å². The molecule has 0 aliphatic rings. The third-order valence-corrected chi connectivity index (χ3v) is 3.10. The van der Waals surface area contributed by atoms with E-state index in [2.05, 4.69) is 31.9 Å². The average molecular weight is 354 g/mol. The monoisotopic (exact) mass is 352 g/mol. The zero-order valence-electron chi connectivity index (χ0n) is 7.76. The van der Waals surface area contributed by atoms with Gasteiger partial charge in [0.05, 0.1) is 4.83 Å². The van der Waals surface area contributed by atoms with Gasteiger partial charge >= 0.3 is 0 Å². The molecule has 0 bridgehead atoms. The Morgan fingerprint density at radius 3 is 2.40 bits per heavy atom. The molecule has 1 atom stereocenters. The van der Waals surface area contributed by atoms with Crippen molar-refractivity contribution in [3.8, 4) is 0 Å². The summed E-state index contributed by atoms with van der Waals surface area (Å²) in [5.41, 5.74) is 0.892. The Bertz CT molecular complexity index is 416. The van der Waals surface area contributed by atoms with Crippen LogP contribution in [0.5, 0.6) is 0 Å². The summed E-state index contributed by atoms with van der Waals surface area (Å²) in [5.74, 6) is -0.0377. The summed E-state index contributed by atoms with van der Waals surface area (Å²) in [7, 11) is 0. The second-order valence-corrected chi connectivity index (χ2v) is 5.52. The maximum absolute atomic E-state index is 11.6. The number of benzene rings is 1. The van der Waals surface area contributed by atoms with Gasteiger partial charge in [0.1, 0.15) is 0 Å². The van der Waals surface area contributed by atoms with Crippen LogP contribution in [0.2, 0.25) is 0 Å². The normalized spacial score (nSPS) is 12.3. The Balaban J connectivity index is 3.12. The number of ketones is 1.